The number of amides is 1. The van der Waals surface area contributed by atoms with Crippen LogP contribution in [0.25, 0.3) is 0 Å². The van der Waals surface area contributed by atoms with Gasteiger partial charge in [0, 0.05) is 0 Å². The zero-order valence-corrected chi connectivity index (χ0v) is 7.14. The molecule has 0 atom stereocenters. The van der Waals surface area contributed by atoms with Gasteiger partial charge in [0.25, 0.3) is 5.91 Å². The van der Waals surface area contributed by atoms with Crippen molar-refractivity contribution in [3.05, 3.63) is 29.3 Å². The van der Waals surface area contributed by atoms with E-state index in [1.165, 1.54) is 0 Å². The van der Waals surface area contributed by atoms with Gasteiger partial charge in [-0.15, -0.1) is 0 Å². The third-order valence-electron chi connectivity index (χ3n) is 1.92. The maximum atomic E-state index is 13.2. The number of fused-ring (bicyclic) bond motifs is 1. The molecular weight excluding hydrogens is 192 g/mol. The predicted molar refractivity (Wildman–Crippen MR) is 44.2 cm³/mol. The Kier molecular flexibility index (Phi) is 2.07. The third kappa shape index (κ3) is 1.30. The predicted octanol–water partition coefficient (Wildman–Crippen LogP) is 1.09. The van der Waals surface area contributed by atoms with E-state index in [4.69, 9.17) is 4.74 Å². The molecule has 0 saturated heterocycles. The molecule has 0 aliphatic carbocycles. The Hall–Kier alpha value is -1.65. The molecule has 5 heteroatoms. The summed E-state index contributed by atoms with van der Waals surface area (Å²) in [6.07, 6.45) is 0. The average molecular weight is 199 g/mol. The largest absolute Gasteiger partial charge is 0.488 e. The van der Waals surface area contributed by atoms with Gasteiger partial charge in [-0.1, -0.05) is 0 Å². The van der Waals surface area contributed by atoms with Crippen molar-refractivity contribution in [2.24, 2.45) is 0 Å². The standard InChI is InChI=1S/C9H7F2NO2/c10-5-1-2-6(11)8-7(5)9(13)12-3-4-14-8/h1-2H,3-4H2,(H,12,13). The second-order valence-corrected chi connectivity index (χ2v) is 2.84. The van der Waals surface area contributed by atoms with E-state index in [2.05, 4.69) is 5.32 Å². The van der Waals surface area contributed by atoms with Crippen LogP contribution >= 0.6 is 0 Å². The Labute approximate surface area is 78.7 Å². The van der Waals surface area contributed by atoms with Crippen molar-refractivity contribution >= 4 is 5.91 Å². The van der Waals surface area contributed by atoms with E-state index in [1.54, 1.807) is 0 Å². The van der Waals surface area contributed by atoms with Gasteiger partial charge in [-0.05, 0) is 12.1 Å². The van der Waals surface area contributed by atoms with Crippen LogP contribution in [0.4, 0.5) is 8.78 Å². The van der Waals surface area contributed by atoms with Crippen molar-refractivity contribution in [1.82, 2.24) is 5.32 Å². The molecule has 0 radical (unpaired) electrons. The number of nitrogens with one attached hydrogen (secondary N) is 1. The molecule has 1 aromatic rings. The first kappa shape index (κ1) is 8.93. The zero-order chi connectivity index (χ0) is 10.1. The van der Waals surface area contributed by atoms with Gasteiger partial charge in [0.2, 0.25) is 0 Å². The lowest BCUT2D eigenvalue weighted by atomic mass is 10.1. The SMILES string of the molecule is O=C1NCCOc2c(F)ccc(F)c21. The molecule has 0 saturated carbocycles. The lowest BCUT2D eigenvalue weighted by Crippen LogP contribution is -2.25. The van der Waals surface area contributed by atoms with Gasteiger partial charge in [-0.2, -0.15) is 0 Å². The highest BCUT2D eigenvalue weighted by atomic mass is 19.1. The summed E-state index contributed by atoms with van der Waals surface area (Å²) in [6, 6.07) is 1.84. The molecule has 0 spiro atoms. The average Bonchev–Trinajstić information content (AvgIpc) is 2.35. The summed E-state index contributed by atoms with van der Waals surface area (Å²) in [6.45, 7) is 0.380. The molecule has 0 aromatic heterocycles. The maximum absolute atomic E-state index is 13.2. The molecule has 1 aliphatic heterocycles. The minimum atomic E-state index is -0.777. The lowest BCUT2D eigenvalue weighted by Gasteiger charge is -2.06. The number of carbonyl (C=O) groups excluding carboxylic acids is 1. The van der Waals surface area contributed by atoms with Crippen LogP contribution in [-0.4, -0.2) is 19.1 Å². The second-order valence-electron chi connectivity index (χ2n) is 2.84. The molecule has 1 N–H and O–H groups in total. The molecule has 1 heterocycles. The highest BCUT2D eigenvalue weighted by Gasteiger charge is 2.23. The summed E-state index contributed by atoms with van der Waals surface area (Å²) in [5.41, 5.74) is -0.359. The van der Waals surface area contributed by atoms with E-state index < -0.39 is 17.5 Å². The first-order valence-electron chi connectivity index (χ1n) is 4.09. The smallest absolute Gasteiger partial charge is 0.258 e. The van der Waals surface area contributed by atoms with E-state index in [1.807, 2.05) is 0 Å². The fraction of sp³-hybridized carbons (Fsp3) is 0.222. The Morgan fingerprint density at radius 2 is 2.00 bits per heavy atom. The topological polar surface area (TPSA) is 38.3 Å². The Bertz CT molecular complexity index is 393. The molecule has 3 nitrogen and oxygen atoms in total. The van der Waals surface area contributed by atoms with Gasteiger partial charge in [0.05, 0.1) is 6.54 Å². The molecule has 1 amide bonds. The van der Waals surface area contributed by atoms with Gasteiger partial charge in [0.1, 0.15) is 18.0 Å². The van der Waals surface area contributed by atoms with Crippen molar-refractivity contribution in [2.75, 3.05) is 13.2 Å². The number of carbonyl (C=O) groups is 1. The third-order valence-corrected chi connectivity index (χ3v) is 1.92. The van der Waals surface area contributed by atoms with Gasteiger partial charge in [-0.3, -0.25) is 4.79 Å². The fourth-order valence-electron chi connectivity index (χ4n) is 1.29. The van der Waals surface area contributed by atoms with Crippen molar-refractivity contribution in [3.63, 3.8) is 0 Å². The second kappa shape index (κ2) is 3.25. The van der Waals surface area contributed by atoms with Gasteiger partial charge < -0.3 is 10.1 Å². The molecular formula is C9H7F2NO2. The summed E-state index contributed by atoms with van der Waals surface area (Å²) < 4.78 is 31.2. The van der Waals surface area contributed by atoms with E-state index in [0.717, 1.165) is 12.1 Å². The highest BCUT2D eigenvalue weighted by molar-refractivity contribution is 5.97. The minimum Gasteiger partial charge on any atom is -0.488 e. The molecule has 74 valence electrons. The zero-order valence-electron chi connectivity index (χ0n) is 7.14. The summed E-state index contributed by atoms with van der Waals surface area (Å²) >= 11 is 0. The van der Waals surface area contributed by atoms with Crippen LogP contribution in [0, 0.1) is 11.6 Å². The Morgan fingerprint density at radius 3 is 2.79 bits per heavy atom. The van der Waals surface area contributed by atoms with Crippen molar-refractivity contribution in [1.29, 1.82) is 0 Å². The van der Waals surface area contributed by atoms with Gasteiger partial charge >= 0.3 is 0 Å². The van der Waals surface area contributed by atoms with Crippen molar-refractivity contribution < 1.29 is 18.3 Å². The van der Waals surface area contributed by atoms with Crippen LogP contribution in [0.2, 0.25) is 0 Å². The van der Waals surface area contributed by atoms with Crippen LogP contribution in [-0.2, 0) is 0 Å². The van der Waals surface area contributed by atoms with Crippen molar-refractivity contribution in [2.45, 2.75) is 0 Å². The van der Waals surface area contributed by atoms with Gasteiger partial charge in [0.15, 0.2) is 11.6 Å². The number of benzene rings is 1. The summed E-state index contributed by atoms with van der Waals surface area (Å²) in [5.74, 6) is -2.45. The van der Waals surface area contributed by atoms with Crippen LogP contribution in [0.1, 0.15) is 10.4 Å². The van der Waals surface area contributed by atoms with Crippen LogP contribution in [0.5, 0.6) is 5.75 Å². The Balaban J connectivity index is 2.62. The Morgan fingerprint density at radius 1 is 1.29 bits per heavy atom. The van der Waals surface area contributed by atoms with E-state index in [9.17, 15) is 13.6 Å². The first-order valence-corrected chi connectivity index (χ1v) is 4.09. The summed E-state index contributed by atoms with van der Waals surface area (Å²) in [4.78, 5) is 11.3. The van der Waals surface area contributed by atoms with Crippen LogP contribution in [0.3, 0.4) is 0 Å². The molecule has 1 aromatic carbocycles. The quantitative estimate of drug-likeness (QED) is 0.679. The number of hydrogen-bond acceptors (Lipinski definition) is 2. The molecule has 2 rings (SSSR count). The van der Waals surface area contributed by atoms with E-state index in [-0.39, 0.29) is 24.5 Å². The van der Waals surface area contributed by atoms with Crippen molar-refractivity contribution in [3.8, 4) is 5.75 Å². The number of rotatable bonds is 0. The van der Waals surface area contributed by atoms with Crippen LogP contribution < -0.4 is 10.1 Å². The van der Waals surface area contributed by atoms with Gasteiger partial charge in [-0.25, -0.2) is 8.78 Å². The summed E-state index contributed by atoms with van der Waals surface area (Å²) in [7, 11) is 0. The van der Waals surface area contributed by atoms with E-state index >= 15 is 0 Å². The maximum Gasteiger partial charge on any atom is 0.258 e. The normalized spacial score (nSPS) is 15.1. The lowest BCUT2D eigenvalue weighted by molar-refractivity contribution is 0.0953. The molecule has 1 aliphatic rings. The highest BCUT2D eigenvalue weighted by Crippen LogP contribution is 2.26. The summed E-state index contributed by atoms with van der Waals surface area (Å²) in [5, 5.41) is 2.40. The number of ether oxygens (including phenoxy) is 1. The molecule has 0 fully saturated rings. The van der Waals surface area contributed by atoms with Crippen LogP contribution in [0.15, 0.2) is 12.1 Å². The molecule has 0 bridgehead atoms. The monoisotopic (exact) mass is 199 g/mol. The minimum absolute atomic E-state index is 0.138. The first-order chi connectivity index (χ1) is 6.70. The fourth-order valence-corrected chi connectivity index (χ4v) is 1.29. The number of hydrogen-bond donors (Lipinski definition) is 1. The number of halogens is 2. The molecule has 14 heavy (non-hydrogen) atoms. The molecule has 0 unspecified atom stereocenters. The van der Waals surface area contributed by atoms with E-state index in [0.29, 0.717) is 0 Å².